The highest BCUT2D eigenvalue weighted by molar-refractivity contribution is 4.97. The van der Waals surface area contributed by atoms with Gasteiger partial charge >= 0.3 is 0 Å². The number of hydrogen-bond donors (Lipinski definition) is 1. The van der Waals surface area contributed by atoms with Gasteiger partial charge in [0.1, 0.15) is 0 Å². The molecular formula is C10H20N2. The van der Waals surface area contributed by atoms with E-state index in [4.69, 9.17) is 5.73 Å². The van der Waals surface area contributed by atoms with E-state index in [2.05, 4.69) is 11.9 Å². The molecule has 2 rings (SSSR count). The molecule has 0 aliphatic heterocycles. The molecule has 0 saturated heterocycles. The smallest absolute Gasteiger partial charge is 0.00924 e. The van der Waals surface area contributed by atoms with Gasteiger partial charge in [0.2, 0.25) is 0 Å². The van der Waals surface area contributed by atoms with Crippen LogP contribution in [0.15, 0.2) is 0 Å². The molecule has 2 aliphatic rings. The van der Waals surface area contributed by atoms with Gasteiger partial charge in [0.05, 0.1) is 0 Å². The third kappa shape index (κ3) is 1.50. The third-order valence-electron chi connectivity index (χ3n) is 3.67. The highest BCUT2D eigenvalue weighted by Gasteiger charge is 2.43. The summed E-state index contributed by atoms with van der Waals surface area (Å²) >= 11 is 0. The Balaban J connectivity index is 1.77. The Morgan fingerprint density at radius 3 is 2.42 bits per heavy atom. The van der Waals surface area contributed by atoms with Crippen molar-refractivity contribution < 1.29 is 0 Å². The summed E-state index contributed by atoms with van der Waals surface area (Å²) in [6.45, 7) is 2.14. The Morgan fingerprint density at radius 1 is 1.42 bits per heavy atom. The Kier molecular flexibility index (Phi) is 2.13. The first-order valence-electron chi connectivity index (χ1n) is 5.16. The highest BCUT2D eigenvalue weighted by Crippen LogP contribution is 2.45. The Morgan fingerprint density at radius 2 is 2.08 bits per heavy atom. The van der Waals surface area contributed by atoms with E-state index in [9.17, 15) is 0 Å². The second-order valence-electron chi connectivity index (χ2n) is 4.70. The van der Waals surface area contributed by atoms with Crippen molar-refractivity contribution in [1.29, 1.82) is 0 Å². The van der Waals surface area contributed by atoms with Crippen molar-refractivity contribution in [3.05, 3.63) is 0 Å². The van der Waals surface area contributed by atoms with E-state index in [0.717, 1.165) is 12.6 Å². The van der Waals surface area contributed by atoms with Crippen LogP contribution in [0.4, 0.5) is 0 Å². The zero-order valence-electron chi connectivity index (χ0n) is 8.05. The van der Waals surface area contributed by atoms with Crippen molar-refractivity contribution in [3.63, 3.8) is 0 Å². The van der Waals surface area contributed by atoms with Gasteiger partial charge in [0, 0.05) is 12.6 Å². The number of nitrogens with zero attached hydrogens (tertiary/aromatic N) is 1. The van der Waals surface area contributed by atoms with Crippen LogP contribution in [0.2, 0.25) is 0 Å². The average molecular weight is 168 g/mol. The van der Waals surface area contributed by atoms with E-state index in [-0.39, 0.29) is 0 Å². The lowest BCUT2D eigenvalue weighted by atomic mass is 9.91. The molecule has 0 unspecified atom stereocenters. The number of rotatable bonds is 4. The summed E-state index contributed by atoms with van der Waals surface area (Å²) in [5, 5.41) is 0. The van der Waals surface area contributed by atoms with E-state index in [0.29, 0.717) is 5.41 Å². The average Bonchev–Trinajstić information content (AvgIpc) is 2.65. The van der Waals surface area contributed by atoms with Crippen molar-refractivity contribution in [1.82, 2.24) is 4.90 Å². The first-order valence-corrected chi connectivity index (χ1v) is 5.16. The molecule has 2 fully saturated rings. The van der Waals surface area contributed by atoms with Gasteiger partial charge in [-0.3, -0.25) is 0 Å². The van der Waals surface area contributed by atoms with Gasteiger partial charge in [-0.25, -0.2) is 0 Å². The lowest BCUT2D eigenvalue weighted by molar-refractivity contribution is 0.133. The molecule has 2 heteroatoms. The molecule has 0 radical (unpaired) electrons. The summed E-state index contributed by atoms with van der Waals surface area (Å²) in [5.74, 6) is 0. The van der Waals surface area contributed by atoms with Crippen LogP contribution in [-0.4, -0.2) is 31.1 Å². The van der Waals surface area contributed by atoms with Gasteiger partial charge in [0.15, 0.2) is 0 Å². The molecule has 0 bridgehead atoms. The van der Waals surface area contributed by atoms with E-state index in [1.807, 2.05) is 0 Å². The third-order valence-corrected chi connectivity index (χ3v) is 3.67. The molecule has 70 valence electrons. The topological polar surface area (TPSA) is 29.3 Å². The van der Waals surface area contributed by atoms with E-state index >= 15 is 0 Å². The molecule has 2 N–H and O–H groups in total. The van der Waals surface area contributed by atoms with Crippen LogP contribution >= 0.6 is 0 Å². The Labute approximate surface area is 75.1 Å². The van der Waals surface area contributed by atoms with Crippen LogP contribution in [0.1, 0.15) is 32.1 Å². The number of nitrogens with two attached hydrogens (primary N) is 1. The summed E-state index contributed by atoms with van der Waals surface area (Å²) in [6, 6.07) is 0.883. The van der Waals surface area contributed by atoms with Crippen LogP contribution < -0.4 is 5.73 Å². The predicted molar refractivity (Wildman–Crippen MR) is 51.0 cm³/mol. The minimum Gasteiger partial charge on any atom is -0.330 e. The van der Waals surface area contributed by atoms with E-state index in [1.54, 1.807) is 0 Å². The van der Waals surface area contributed by atoms with Crippen LogP contribution in [0, 0.1) is 5.41 Å². The monoisotopic (exact) mass is 168 g/mol. The summed E-state index contributed by atoms with van der Waals surface area (Å²) in [7, 11) is 2.26. The maximum absolute atomic E-state index is 5.75. The van der Waals surface area contributed by atoms with Crippen LogP contribution in [0.5, 0.6) is 0 Å². The summed E-state index contributed by atoms with van der Waals surface area (Å²) in [6.07, 6.45) is 6.99. The first kappa shape index (κ1) is 8.52. The largest absolute Gasteiger partial charge is 0.330 e. The fraction of sp³-hybridized carbons (Fsp3) is 1.00. The molecule has 2 nitrogen and oxygen atoms in total. The van der Waals surface area contributed by atoms with E-state index < -0.39 is 0 Å². The molecular weight excluding hydrogens is 148 g/mol. The molecule has 2 aliphatic carbocycles. The standard InChI is InChI=1S/C10H20N2/c1-12(9-3-2-4-9)8-10(7-11)5-6-10/h9H,2-8,11H2,1H3. The normalized spacial score (nSPS) is 27.2. The van der Waals surface area contributed by atoms with Crippen molar-refractivity contribution in [2.75, 3.05) is 20.1 Å². The van der Waals surface area contributed by atoms with Crippen molar-refractivity contribution in [2.45, 2.75) is 38.1 Å². The fourth-order valence-electron chi connectivity index (χ4n) is 2.09. The van der Waals surface area contributed by atoms with Crippen molar-refractivity contribution >= 4 is 0 Å². The van der Waals surface area contributed by atoms with Crippen LogP contribution in [0.3, 0.4) is 0 Å². The minimum absolute atomic E-state index is 0.532. The van der Waals surface area contributed by atoms with Gasteiger partial charge in [0.25, 0.3) is 0 Å². The predicted octanol–water partition coefficient (Wildman–Crippen LogP) is 1.21. The van der Waals surface area contributed by atoms with Gasteiger partial charge < -0.3 is 10.6 Å². The SMILES string of the molecule is CN(CC1(CN)CC1)C1CCC1. The minimum atomic E-state index is 0.532. The lowest BCUT2D eigenvalue weighted by Crippen LogP contribution is -2.42. The van der Waals surface area contributed by atoms with Gasteiger partial charge in [-0.05, 0) is 44.7 Å². The molecule has 0 amide bonds. The van der Waals surface area contributed by atoms with Gasteiger partial charge in [-0.2, -0.15) is 0 Å². The molecule has 0 atom stereocenters. The van der Waals surface area contributed by atoms with Crippen molar-refractivity contribution in [3.8, 4) is 0 Å². The second-order valence-corrected chi connectivity index (χ2v) is 4.70. The number of hydrogen-bond acceptors (Lipinski definition) is 2. The maximum atomic E-state index is 5.75. The van der Waals surface area contributed by atoms with E-state index in [1.165, 1.54) is 38.6 Å². The molecule has 0 aromatic rings. The molecule has 0 spiro atoms. The maximum Gasteiger partial charge on any atom is 0.00924 e. The summed E-state index contributed by atoms with van der Waals surface area (Å²) in [5.41, 5.74) is 6.28. The zero-order chi connectivity index (χ0) is 8.60. The molecule has 0 aromatic heterocycles. The van der Waals surface area contributed by atoms with Crippen LogP contribution in [-0.2, 0) is 0 Å². The molecule has 2 saturated carbocycles. The lowest BCUT2D eigenvalue weighted by Gasteiger charge is -2.36. The van der Waals surface area contributed by atoms with Gasteiger partial charge in [-0.1, -0.05) is 6.42 Å². The molecule has 12 heavy (non-hydrogen) atoms. The molecule has 0 heterocycles. The molecule has 0 aromatic carbocycles. The quantitative estimate of drug-likeness (QED) is 0.683. The Bertz CT molecular complexity index is 159. The van der Waals surface area contributed by atoms with Crippen LogP contribution in [0.25, 0.3) is 0 Å². The summed E-state index contributed by atoms with van der Waals surface area (Å²) < 4.78 is 0. The summed E-state index contributed by atoms with van der Waals surface area (Å²) in [4.78, 5) is 2.53. The first-order chi connectivity index (χ1) is 5.76. The van der Waals surface area contributed by atoms with Gasteiger partial charge in [-0.15, -0.1) is 0 Å². The Hall–Kier alpha value is -0.0800. The second kappa shape index (κ2) is 3.00. The highest BCUT2D eigenvalue weighted by atomic mass is 15.1. The zero-order valence-corrected chi connectivity index (χ0v) is 8.05. The van der Waals surface area contributed by atoms with Crippen molar-refractivity contribution in [2.24, 2.45) is 11.1 Å². The fourth-order valence-corrected chi connectivity index (χ4v) is 2.09.